The van der Waals surface area contributed by atoms with Crippen LogP contribution in [0.5, 0.6) is 0 Å². The van der Waals surface area contributed by atoms with Crippen LogP contribution >= 0.6 is 0 Å². The number of rotatable bonds is 10. The molecule has 31 heavy (non-hydrogen) atoms. The van der Waals surface area contributed by atoms with Crippen molar-refractivity contribution in [3.05, 3.63) is 35.4 Å². The molecule has 1 aliphatic carbocycles. The molecule has 5 nitrogen and oxygen atoms in total. The van der Waals surface area contributed by atoms with E-state index in [9.17, 15) is 23.8 Å². The zero-order valence-corrected chi connectivity index (χ0v) is 18.1. The molecule has 0 spiro atoms. The highest BCUT2D eigenvalue weighted by Gasteiger charge is 2.34. The Kier molecular flexibility index (Phi) is 13.0. The van der Waals surface area contributed by atoms with Crippen LogP contribution in [0.3, 0.4) is 0 Å². The SMILES string of the molecule is CO.O=C(O)CCCCCC[C@@H]1[C@@H](CCC(O)C#Cc2cc(F)ccc2F)CC[C@@H]1O. The molecule has 174 valence electrons. The van der Waals surface area contributed by atoms with Gasteiger partial charge in [0.15, 0.2) is 0 Å². The number of carbonyl (C=O) groups is 1. The largest absolute Gasteiger partial charge is 0.481 e. The fourth-order valence-electron chi connectivity index (χ4n) is 4.12. The summed E-state index contributed by atoms with van der Waals surface area (Å²) in [7, 11) is 1.00. The lowest BCUT2D eigenvalue weighted by Gasteiger charge is -2.22. The van der Waals surface area contributed by atoms with E-state index in [1.807, 2.05) is 0 Å². The second kappa shape index (κ2) is 14.9. The van der Waals surface area contributed by atoms with E-state index in [0.717, 1.165) is 70.3 Å². The number of aliphatic hydroxyl groups is 3. The minimum absolute atomic E-state index is 0.0684. The number of unbranched alkanes of at least 4 members (excludes halogenated alkanes) is 3. The summed E-state index contributed by atoms with van der Waals surface area (Å²) in [5.41, 5.74) is -0.0684. The summed E-state index contributed by atoms with van der Waals surface area (Å²) in [4.78, 5) is 10.5. The van der Waals surface area contributed by atoms with Gasteiger partial charge < -0.3 is 20.4 Å². The van der Waals surface area contributed by atoms with Gasteiger partial charge in [0, 0.05) is 13.5 Å². The standard InChI is InChI=1S/C23H30F2O4.CH4O/c24-18-10-13-21(25)17(15-18)8-12-19(26)11-7-16-9-14-22(27)20(16)5-3-1-2-4-6-23(28)29;1-2/h10,13,15-16,19-20,22,26-27H,1-7,9,11,14H2,(H,28,29);2H,1H3/t16-,19?,20+,22-;/m0./s1. The van der Waals surface area contributed by atoms with Crippen molar-refractivity contribution >= 4 is 5.97 Å². The van der Waals surface area contributed by atoms with Crippen LogP contribution in [0.4, 0.5) is 8.78 Å². The Morgan fingerprint density at radius 3 is 2.55 bits per heavy atom. The van der Waals surface area contributed by atoms with E-state index >= 15 is 0 Å². The van der Waals surface area contributed by atoms with Gasteiger partial charge in [-0.2, -0.15) is 0 Å². The Bertz CT molecular complexity index is 728. The van der Waals surface area contributed by atoms with Crippen LogP contribution in [0.15, 0.2) is 18.2 Å². The Labute approximate surface area is 183 Å². The topological polar surface area (TPSA) is 98.0 Å². The quantitative estimate of drug-likeness (QED) is 0.327. The summed E-state index contributed by atoms with van der Waals surface area (Å²) in [6.45, 7) is 0. The maximum absolute atomic E-state index is 13.6. The maximum atomic E-state index is 13.6. The molecule has 0 radical (unpaired) electrons. The van der Waals surface area contributed by atoms with E-state index in [2.05, 4.69) is 11.8 Å². The lowest BCUT2D eigenvalue weighted by Crippen LogP contribution is -2.20. The predicted molar refractivity (Wildman–Crippen MR) is 114 cm³/mol. The van der Waals surface area contributed by atoms with Gasteiger partial charge in [0.25, 0.3) is 0 Å². The van der Waals surface area contributed by atoms with Gasteiger partial charge >= 0.3 is 5.97 Å². The molecule has 7 heteroatoms. The molecule has 2 rings (SSSR count). The van der Waals surface area contributed by atoms with E-state index in [1.54, 1.807) is 0 Å². The number of benzene rings is 1. The van der Waals surface area contributed by atoms with Gasteiger partial charge in [0.05, 0.1) is 11.7 Å². The van der Waals surface area contributed by atoms with Gasteiger partial charge in [-0.1, -0.05) is 31.1 Å². The van der Waals surface area contributed by atoms with E-state index in [4.69, 9.17) is 10.2 Å². The number of carboxylic acids is 1. The summed E-state index contributed by atoms with van der Waals surface area (Å²) in [5, 5.41) is 36.0. The molecular weight excluding hydrogens is 406 g/mol. The van der Waals surface area contributed by atoms with E-state index in [1.165, 1.54) is 0 Å². The van der Waals surface area contributed by atoms with Gasteiger partial charge in [-0.25, -0.2) is 8.78 Å². The van der Waals surface area contributed by atoms with Crippen molar-refractivity contribution in [2.24, 2.45) is 11.8 Å². The van der Waals surface area contributed by atoms with Crippen LogP contribution in [-0.2, 0) is 4.79 Å². The highest BCUT2D eigenvalue weighted by Crippen LogP contribution is 2.38. The molecule has 0 saturated heterocycles. The smallest absolute Gasteiger partial charge is 0.303 e. The first-order valence-electron chi connectivity index (χ1n) is 10.9. The number of hydrogen-bond acceptors (Lipinski definition) is 4. The molecule has 0 bridgehead atoms. The second-order valence-corrected chi connectivity index (χ2v) is 7.90. The van der Waals surface area contributed by atoms with Gasteiger partial charge in [0.1, 0.15) is 17.7 Å². The Balaban J connectivity index is 0.00000233. The van der Waals surface area contributed by atoms with Crippen molar-refractivity contribution in [2.45, 2.75) is 76.4 Å². The zero-order chi connectivity index (χ0) is 23.2. The van der Waals surface area contributed by atoms with Crippen molar-refractivity contribution in [3.8, 4) is 11.8 Å². The van der Waals surface area contributed by atoms with Crippen molar-refractivity contribution < 1.29 is 34.0 Å². The third-order valence-corrected chi connectivity index (χ3v) is 5.72. The van der Waals surface area contributed by atoms with Crippen LogP contribution in [0.25, 0.3) is 0 Å². The van der Waals surface area contributed by atoms with E-state index in [-0.39, 0.29) is 24.0 Å². The van der Waals surface area contributed by atoms with Gasteiger partial charge in [-0.05, 0) is 68.6 Å². The first-order chi connectivity index (χ1) is 14.9. The average molecular weight is 441 g/mol. The van der Waals surface area contributed by atoms with Crippen molar-refractivity contribution in [3.63, 3.8) is 0 Å². The Hall–Kier alpha value is -2.01. The normalized spacial score (nSPS) is 20.9. The fourth-order valence-corrected chi connectivity index (χ4v) is 4.12. The molecule has 0 heterocycles. The molecule has 0 amide bonds. The molecular formula is C24H34F2O5. The van der Waals surface area contributed by atoms with Gasteiger partial charge in [-0.3, -0.25) is 4.79 Å². The zero-order valence-electron chi connectivity index (χ0n) is 18.1. The van der Waals surface area contributed by atoms with Crippen molar-refractivity contribution in [1.29, 1.82) is 0 Å². The number of hydrogen-bond donors (Lipinski definition) is 4. The molecule has 0 aromatic heterocycles. The summed E-state index contributed by atoms with van der Waals surface area (Å²) in [6.07, 6.45) is 6.13. The lowest BCUT2D eigenvalue weighted by molar-refractivity contribution is -0.137. The number of aliphatic hydroxyl groups excluding tert-OH is 3. The van der Waals surface area contributed by atoms with Crippen LogP contribution in [0.1, 0.15) is 69.8 Å². The van der Waals surface area contributed by atoms with Crippen molar-refractivity contribution in [2.75, 3.05) is 7.11 Å². The Morgan fingerprint density at radius 2 is 1.84 bits per heavy atom. The van der Waals surface area contributed by atoms with Crippen LogP contribution in [0, 0.1) is 35.3 Å². The van der Waals surface area contributed by atoms with E-state index in [0.29, 0.717) is 18.8 Å². The summed E-state index contributed by atoms with van der Waals surface area (Å²) < 4.78 is 26.7. The van der Waals surface area contributed by atoms with Crippen LogP contribution in [-0.4, -0.2) is 45.7 Å². The third-order valence-electron chi connectivity index (χ3n) is 5.72. The molecule has 1 aromatic rings. The average Bonchev–Trinajstić information content (AvgIpc) is 3.10. The number of halogens is 2. The number of aliphatic carboxylic acids is 1. The maximum Gasteiger partial charge on any atom is 0.303 e. The molecule has 1 aliphatic rings. The fraction of sp³-hybridized carbons (Fsp3) is 0.625. The number of carboxylic acid groups (broad SMARTS) is 1. The molecule has 1 saturated carbocycles. The Morgan fingerprint density at radius 1 is 1.13 bits per heavy atom. The summed E-state index contributed by atoms with van der Waals surface area (Å²) >= 11 is 0. The van der Waals surface area contributed by atoms with Crippen molar-refractivity contribution in [1.82, 2.24) is 0 Å². The molecule has 1 fully saturated rings. The molecule has 4 N–H and O–H groups in total. The third kappa shape index (κ3) is 10.2. The lowest BCUT2D eigenvalue weighted by atomic mass is 9.85. The van der Waals surface area contributed by atoms with E-state index < -0.39 is 23.7 Å². The van der Waals surface area contributed by atoms with Crippen LogP contribution < -0.4 is 0 Å². The van der Waals surface area contributed by atoms with Crippen LogP contribution in [0.2, 0.25) is 0 Å². The monoisotopic (exact) mass is 440 g/mol. The highest BCUT2D eigenvalue weighted by molar-refractivity contribution is 5.66. The first-order valence-corrected chi connectivity index (χ1v) is 10.9. The molecule has 1 aromatic carbocycles. The highest BCUT2D eigenvalue weighted by atomic mass is 19.1. The van der Waals surface area contributed by atoms with Gasteiger partial charge in [-0.15, -0.1) is 0 Å². The summed E-state index contributed by atoms with van der Waals surface area (Å²) in [5.74, 6) is 3.63. The molecule has 0 aliphatic heterocycles. The molecule has 4 atom stereocenters. The predicted octanol–water partition coefficient (Wildman–Crippen LogP) is 3.88. The van der Waals surface area contributed by atoms with Gasteiger partial charge in [0.2, 0.25) is 0 Å². The minimum atomic E-state index is -0.924. The molecule has 1 unspecified atom stereocenters. The first kappa shape index (κ1) is 27.0. The minimum Gasteiger partial charge on any atom is -0.481 e. The second-order valence-electron chi connectivity index (χ2n) is 7.90. The summed E-state index contributed by atoms with van der Waals surface area (Å²) in [6, 6.07) is 3.04.